The molecule has 4 rings (SSSR count). The second-order valence-corrected chi connectivity index (χ2v) is 6.72. The minimum Gasteiger partial charge on any atom is -0.382 e. The topological polar surface area (TPSA) is 24.1 Å². The van der Waals surface area contributed by atoms with Crippen molar-refractivity contribution in [2.45, 2.75) is 37.8 Å². The number of para-hydroxylation sites is 2. The molecule has 0 radical (unpaired) electrons. The molecule has 0 heterocycles. The normalized spacial score (nSPS) is 30.0. The van der Waals surface area contributed by atoms with Gasteiger partial charge in [-0.25, -0.2) is 0 Å². The first kappa shape index (κ1) is 13.7. The first-order valence-corrected chi connectivity index (χ1v) is 8.53. The fourth-order valence-corrected chi connectivity index (χ4v) is 3.93. The lowest BCUT2D eigenvalue weighted by Gasteiger charge is -2.50. The monoisotopic (exact) mass is 292 g/mol. The van der Waals surface area contributed by atoms with Gasteiger partial charge in [-0.3, -0.25) is 0 Å². The zero-order valence-electron chi connectivity index (χ0n) is 12.9. The van der Waals surface area contributed by atoms with Crippen LogP contribution in [0.4, 0.5) is 11.4 Å². The third kappa shape index (κ3) is 2.70. The van der Waals surface area contributed by atoms with Crippen LogP contribution in [-0.2, 0) is 0 Å². The molecular weight excluding hydrogens is 268 g/mol. The Kier molecular flexibility index (Phi) is 3.75. The van der Waals surface area contributed by atoms with Gasteiger partial charge in [-0.05, 0) is 61.8 Å². The van der Waals surface area contributed by atoms with Crippen LogP contribution >= 0.6 is 0 Å². The summed E-state index contributed by atoms with van der Waals surface area (Å²) in [5.74, 6) is 1.66. The molecule has 2 fully saturated rings. The predicted molar refractivity (Wildman–Crippen MR) is 93.2 cm³/mol. The van der Waals surface area contributed by atoms with Crippen LogP contribution in [0.1, 0.15) is 25.7 Å². The van der Waals surface area contributed by atoms with E-state index in [1.807, 2.05) is 0 Å². The Morgan fingerprint density at radius 2 is 0.955 bits per heavy atom. The molecule has 114 valence electrons. The molecule has 0 amide bonds. The van der Waals surface area contributed by atoms with Crippen molar-refractivity contribution in [3.63, 3.8) is 0 Å². The van der Waals surface area contributed by atoms with E-state index < -0.39 is 0 Å². The molecule has 2 nitrogen and oxygen atoms in total. The van der Waals surface area contributed by atoms with Crippen LogP contribution in [0.5, 0.6) is 0 Å². The summed E-state index contributed by atoms with van der Waals surface area (Å²) in [4.78, 5) is 0. The molecule has 2 aromatic carbocycles. The number of benzene rings is 2. The van der Waals surface area contributed by atoms with Gasteiger partial charge in [-0.1, -0.05) is 36.4 Å². The van der Waals surface area contributed by atoms with E-state index >= 15 is 0 Å². The Balaban J connectivity index is 1.36. The van der Waals surface area contributed by atoms with E-state index in [1.54, 1.807) is 0 Å². The van der Waals surface area contributed by atoms with Crippen LogP contribution in [0.3, 0.4) is 0 Å². The van der Waals surface area contributed by atoms with E-state index in [9.17, 15) is 0 Å². The highest BCUT2D eigenvalue weighted by Gasteiger charge is 2.44. The Hall–Kier alpha value is -1.96. The molecule has 2 heteroatoms. The van der Waals surface area contributed by atoms with Crippen molar-refractivity contribution in [2.24, 2.45) is 11.8 Å². The van der Waals surface area contributed by atoms with Gasteiger partial charge in [0.25, 0.3) is 0 Å². The van der Waals surface area contributed by atoms with E-state index in [2.05, 4.69) is 71.3 Å². The smallest absolute Gasteiger partial charge is 0.0342 e. The number of hydrogen-bond donors (Lipinski definition) is 2. The number of anilines is 2. The average Bonchev–Trinajstić information content (AvgIpc) is 2.55. The van der Waals surface area contributed by atoms with Gasteiger partial charge in [0.15, 0.2) is 0 Å². The lowest BCUT2D eigenvalue weighted by molar-refractivity contribution is 0.0978. The Labute approximate surface area is 132 Å². The van der Waals surface area contributed by atoms with E-state index in [4.69, 9.17) is 0 Å². The van der Waals surface area contributed by atoms with Gasteiger partial charge in [0.05, 0.1) is 0 Å². The molecule has 2 aromatic rings. The van der Waals surface area contributed by atoms with Crippen molar-refractivity contribution in [2.75, 3.05) is 10.6 Å². The fourth-order valence-electron chi connectivity index (χ4n) is 3.93. The quantitative estimate of drug-likeness (QED) is 0.829. The van der Waals surface area contributed by atoms with Crippen molar-refractivity contribution in [1.29, 1.82) is 0 Å². The molecule has 22 heavy (non-hydrogen) atoms. The summed E-state index contributed by atoms with van der Waals surface area (Å²) in [5, 5.41) is 7.47. The fraction of sp³-hybridized carbons (Fsp3) is 0.400. The third-order valence-corrected chi connectivity index (χ3v) is 5.46. The van der Waals surface area contributed by atoms with Gasteiger partial charge in [-0.15, -0.1) is 0 Å². The van der Waals surface area contributed by atoms with E-state index in [0.29, 0.717) is 12.1 Å². The Morgan fingerprint density at radius 1 is 0.545 bits per heavy atom. The standard InChI is InChI=1S/C20H24N2/c1-3-7-15(8-4-1)21-19-13-11-17(19)18-12-14-20(18)22-16-9-5-2-6-10-16/h1-10,17-22H,11-14H2/t17-,18+,19-,20?/m0/s1. The molecule has 4 atom stereocenters. The van der Waals surface area contributed by atoms with Gasteiger partial charge < -0.3 is 10.6 Å². The summed E-state index contributed by atoms with van der Waals surface area (Å²) >= 11 is 0. The van der Waals surface area contributed by atoms with Crippen molar-refractivity contribution in [3.8, 4) is 0 Å². The van der Waals surface area contributed by atoms with Crippen molar-refractivity contribution < 1.29 is 0 Å². The zero-order chi connectivity index (χ0) is 14.8. The second-order valence-electron chi connectivity index (χ2n) is 6.72. The summed E-state index contributed by atoms with van der Waals surface area (Å²) < 4.78 is 0. The Morgan fingerprint density at radius 3 is 1.27 bits per heavy atom. The second kappa shape index (κ2) is 6.04. The maximum absolute atomic E-state index is 3.73. The summed E-state index contributed by atoms with van der Waals surface area (Å²) in [6.07, 6.45) is 5.38. The van der Waals surface area contributed by atoms with E-state index in [0.717, 1.165) is 11.8 Å². The summed E-state index contributed by atoms with van der Waals surface area (Å²) in [6, 6.07) is 22.6. The molecule has 0 bridgehead atoms. The lowest BCUT2D eigenvalue weighted by atomic mass is 9.61. The largest absolute Gasteiger partial charge is 0.382 e. The maximum Gasteiger partial charge on any atom is 0.0342 e. The predicted octanol–water partition coefficient (Wildman–Crippen LogP) is 4.77. The molecule has 2 aliphatic carbocycles. The van der Waals surface area contributed by atoms with Crippen LogP contribution in [0.15, 0.2) is 60.7 Å². The molecule has 2 aliphatic rings. The lowest BCUT2D eigenvalue weighted by Crippen LogP contribution is -2.52. The van der Waals surface area contributed by atoms with Crippen LogP contribution in [0.25, 0.3) is 0 Å². The van der Waals surface area contributed by atoms with Crippen molar-refractivity contribution in [1.82, 2.24) is 0 Å². The van der Waals surface area contributed by atoms with Gasteiger partial charge >= 0.3 is 0 Å². The Bertz CT molecular complexity index is 540. The first-order valence-electron chi connectivity index (χ1n) is 8.53. The van der Waals surface area contributed by atoms with Gasteiger partial charge in [0.1, 0.15) is 0 Å². The van der Waals surface area contributed by atoms with Crippen LogP contribution in [0.2, 0.25) is 0 Å². The maximum atomic E-state index is 3.73. The summed E-state index contributed by atoms with van der Waals surface area (Å²) in [7, 11) is 0. The zero-order valence-corrected chi connectivity index (χ0v) is 12.9. The minimum atomic E-state index is 0.660. The highest BCUT2D eigenvalue weighted by molar-refractivity contribution is 5.45. The highest BCUT2D eigenvalue weighted by Crippen LogP contribution is 2.46. The number of hydrogen-bond acceptors (Lipinski definition) is 2. The van der Waals surface area contributed by atoms with E-state index in [1.165, 1.54) is 37.1 Å². The average molecular weight is 292 g/mol. The molecule has 2 saturated carbocycles. The molecule has 1 unspecified atom stereocenters. The van der Waals surface area contributed by atoms with Gasteiger partial charge in [-0.2, -0.15) is 0 Å². The molecule has 0 aliphatic heterocycles. The van der Waals surface area contributed by atoms with Gasteiger partial charge in [0, 0.05) is 23.5 Å². The molecule has 0 aromatic heterocycles. The van der Waals surface area contributed by atoms with Crippen LogP contribution in [0, 0.1) is 11.8 Å². The highest BCUT2D eigenvalue weighted by atomic mass is 15.0. The van der Waals surface area contributed by atoms with Crippen LogP contribution in [-0.4, -0.2) is 12.1 Å². The third-order valence-electron chi connectivity index (χ3n) is 5.46. The number of rotatable bonds is 5. The molecule has 2 N–H and O–H groups in total. The minimum absolute atomic E-state index is 0.660. The van der Waals surface area contributed by atoms with Gasteiger partial charge in [0.2, 0.25) is 0 Å². The van der Waals surface area contributed by atoms with E-state index in [-0.39, 0.29) is 0 Å². The first-order chi connectivity index (χ1) is 10.9. The summed E-state index contributed by atoms with van der Waals surface area (Å²) in [6.45, 7) is 0. The number of nitrogens with one attached hydrogen (secondary N) is 2. The van der Waals surface area contributed by atoms with Crippen LogP contribution < -0.4 is 10.6 Å². The molecule has 0 spiro atoms. The summed E-state index contributed by atoms with van der Waals surface area (Å²) in [5.41, 5.74) is 2.54. The van der Waals surface area contributed by atoms with Crippen molar-refractivity contribution >= 4 is 11.4 Å². The SMILES string of the molecule is c1ccc(NC2CC[C@@H]2[C@@H]2CC[C@@H]2Nc2ccccc2)cc1. The molecule has 0 saturated heterocycles. The van der Waals surface area contributed by atoms with Crippen molar-refractivity contribution in [3.05, 3.63) is 60.7 Å². The molecular formula is C20H24N2.